The predicted octanol–water partition coefficient (Wildman–Crippen LogP) is 3.54. The van der Waals surface area contributed by atoms with Gasteiger partial charge in [0.05, 0.1) is 5.75 Å². The summed E-state index contributed by atoms with van der Waals surface area (Å²) < 4.78 is 7.25. The number of amides is 1. The lowest BCUT2D eigenvalue weighted by molar-refractivity contribution is -0.113. The number of nitrogen functional groups attached to an aromatic ring is 1. The molecule has 3 rings (SSSR count). The van der Waals surface area contributed by atoms with E-state index in [1.165, 1.54) is 16.4 Å². The summed E-state index contributed by atoms with van der Waals surface area (Å²) in [4.78, 5) is 12.3. The number of thioether (sulfide) groups is 1. The van der Waals surface area contributed by atoms with Crippen molar-refractivity contribution < 1.29 is 9.53 Å². The van der Waals surface area contributed by atoms with Crippen molar-refractivity contribution in [3.8, 4) is 5.75 Å². The fourth-order valence-electron chi connectivity index (χ4n) is 2.98. The van der Waals surface area contributed by atoms with Gasteiger partial charge in [-0.3, -0.25) is 4.79 Å². The van der Waals surface area contributed by atoms with Crippen LogP contribution in [0.15, 0.2) is 41.6 Å². The van der Waals surface area contributed by atoms with Crippen molar-refractivity contribution in [3.63, 3.8) is 0 Å². The minimum Gasteiger partial charge on any atom is -0.485 e. The molecule has 0 spiro atoms. The largest absolute Gasteiger partial charge is 0.485 e. The highest BCUT2D eigenvalue weighted by Gasteiger charge is 2.15. The van der Waals surface area contributed by atoms with E-state index in [9.17, 15) is 4.79 Å². The zero-order valence-corrected chi connectivity index (χ0v) is 17.8. The Hall–Kier alpha value is -3.00. The van der Waals surface area contributed by atoms with Crippen molar-refractivity contribution in [2.75, 3.05) is 16.9 Å². The molecule has 0 aliphatic heterocycles. The normalized spacial score (nSPS) is 10.8. The second-order valence-corrected chi connectivity index (χ2v) is 7.82. The number of aromatic nitrogens is 3. The Balaban J connectivity index is 1.59. The molecule has 0 unspecified atom stereocenters. The molecule has 29 heavy (non-hydrogen) atoms. The maximum Gasteiger partial charge on any atom is 0.234 e. The molecule has 0 saturated carbocycles. The van der Waals surface area contributed by atoms with E-state index < -0.39 is 0 Å². The zero-order valence-electron chi connectivity index (χ0n) is 17.0. The third-order valence-corrected chi connectivity index (χ3v) is 5.51. The number of nitrogens with two attached hydrogens (primary N) is 1. The van der Waals surface area contributed by atoms with Gasteiger partial charge in [-0.2, -0.15) is 0 Å². The molecule has 3 aromatic rings. The zero-order chi connectivity index (χ0) is 21.0. The van der Waals surface area contributed by atoms with Gasteiger partial charge in [0.2, 0.25) is 11.1 Å². The van der Waals surface area contributed by atoms with Gasteiger partial charge < -0.3 is 15.9 Å². The Bertz CT molecular complexity index is 991. The Morgan fingerprint density at radius 2 is 1.62 bits per heavy atom. The molecule has 0 atom stereocenters. The van der Waals surface area contributed by atoms with Gasteiger partial charge in [-0.25, -0.2) is 4.68 Å². The predicted molar refractivity (Wildman–Crippen MR) is 116 cm³/mol. The molecule has 0 aliphatic carbocycles. The van der Waals surface area contributed by atoms with Crippen molar-refractivity contribution in [1.82, 2.24) is 14.9 Å². The average molecular weight is 412 g/mol. The molecule has 0 fully saturated rings. The van der Waals surface area contributed by atoms with Gasteiger partial charge in [0.25, 0.3) is 0 Å². The van der Waals surface area contributed by atoms with E-state index in [0.29, 0.717) is 11.0 Å². The van der Waals surface area contributed by atoms with Gasteiger partial charge in [-0.1, -0.05) is 48.2 Å². The Labute approximate surface area is 174 Å². The lowest BCUT2D eigenvalue weighted by Gasteiger charge is -2.12. The minimum absolute atomic E-state index is 0.122. The van der Waals surface area contributed by atoms with Crippen molar-refractivity contribution in [1.29, 1.82) is 0 Å². The third kappa shape index (κ3) is 4.89. The molecule has 0 saturated heterocycles. The van der Waals surface area contributed by atoms with Gasteiger partial charge in [0.1, 0.15) is 12.4 Å². The molecular formula is C21H25N5O2S. The summed E-state index contributed by atoms with van der Waals surface area (Å²) in [6.45, 7) is 8.12. The highest BCUT2D eigenvalue weighted by Crippen LogP contribution is 2.24. The molecule has 0 bridgehead atoms. The number of nitrogens with one attached hydrogen (secondary N) is 1. The summed E-state index contributed by atoms with van der Waals surface area (Å²) in [6, 6.07) is 11.9. The molecule has 3 N–H and O–H groups in total. The smallest absolute Gasteiger partial charge is 0.234 e. The SMILES string of the molecule is Cc1cccc(C)c1NC(=O)CSc1nnc(COc2c(C)cccc2C)n1N. The number of rotatable bonds is 7. The van der Waals surface area contributed by atoms with Gasteiger partial charge in [-0.05, 0) is 49.9 Å². The fourth-order valence-corrected chi connectivity index (χ4v) is 3.66. The first-order chi connectivity index (χ1) is 13.9. The number of hydrogen-bond acceptors (Lipinski definition) is 6. The maximum absolute atomic E-state index is 12.3. The van der Waals surface area contributed by atoms with Crippen LogP contribution in [0.5, 0.6) is 5.75 Å². The summed E-state index contributed by atoms with van der Waals surface area (Å²) in [5.41, 5.74) is 4.99. The van der Waals surface area contributed by atoms with Crippen molar-refractivity contribution in [2.24, 2.45) is 0 Å². The lowest BCUT2D eigenvalue weighted by atomic mass is 10.1. The van der Waals surface area contributed by atoms with E-state index in [2.05, 4.69) is 15.5 Å². The standard InChI is InChI=1S/C21H25N5O2S/c1-13-7-5-8-14(2)19(13)23-18(27)12-29-21-25-24-17(26(21)22)11-28-20-15(3)9-6-10-16(20)4/h5-10H,11-12,22H2,1-4H3,(H,23,27). The topological polar surface area (TPSA) is 95.1 Å². The van der Waals surface area contributed by atoms with Gasteiger partial charge in [-0.15, -0.1) is 10.2 Å². The second kappa shape index (κ2) is 9.00. The van der Waals surface area contributed by atoms with Gasteiger partial charge >= 0.3 is 0 Å². The van der Waals surface area contributed by atoms with Crippen LogP contribution in [0.1, 0.15) is 28.1 Å². The monoisotopic (exact) mass is 411 g/mol. The summed E-state index contributed by atoms with van der Waals surface area (Å²) >= 11 is 1.23. The Morgan fingerprint density at radius 1 is 1.03 bits per heavy atom. The van der Waals surface area contributed by atoms with Crippen LogP contribution in [0.2, 0.25) is 0 Å². The van der Waals surface area contributed by atoms with Crippen molar-refractivity contribution in [2.45, 2.75) is 39.5 Å². The first-order valence-electron chi connectivity index (χ1n) is 9.24. The number of carbonyl (C=O) groups is 1. The number of benzene rings is 2. The van der Waals surface area contributed by atoms with Gasteiger partial charge in [0, 0.05) is 5.69 Å². The first kappa shape index (κ1) is 20.7. The van der Waals surface area contributed by atoms with Crippen LogP contribution < -0.4 is 15.9 Å². The average Bonchev–Trinajstić information content (AvgIpc) is 3.02. The fraction of sp³-hybridized carbons (Fsp3) is 0.286. The third-order valence-electron chi connectivity index (χ3n) is 4.57. The molecule has 0 radical (unpaired) electrons. The van der Waals surface area contributed by atoms with E-state index in [-0.39, 0.29) is 18.3 Å². The quantitative estimate of drug-likeness (QED) is 0.456. The summed E-state index contributed by atoms with van der Waals surface area (Å²) in [6.07, 6.45) is 0. The highest BCUT2D eigenvalue weighted by atomic mass is 32.2. The van der Waals surface area contributed by atoms with E-state index in [1.807, 2.05) is 64.1 Å². The number of para-hydroxylation sites is 2. The van der Waals surface area contributed by atoms with Crippen molar-refractivity contribution in [3.05, 3.63) is 64.5 Å². The molecule has 2 aromatic carbocycles. The molecule has 1 aromatic heterocycles. The molecule has 8 heteroatoms. The van der Waals surface area contributed by atoms with Gasteiger partial charge in [0.15, 0.2) is 5.82 Å². The number of hydrogen-bond donors (Lipinski definition) is 2. The van der Waals surface area contributed by atoms with Crippen LogP contribution >= 0.6 is 11.8 Å². The van der Waals surface area contributed by atoms with Crippen molar-refractivity contribution >= 4 is 23.4 Å². The molecule has 152 valence electrons. The Kier molecular flexibility index (Phi) is 6.43. The van der Waals surface area contributed by atoms with E-state index >= 15 is 0 Å². The van der Waals surface area contributed by atoms with Crippen LogP contribution in [-0.4, -0.2) is 26.5 Å². The number of nitrogens with zero attached hydrogens (tertiary/aromatic N) is 3. The molecule has 0 aliphatic rings. The highest BCUT2D eigenvalue weighted by molar-refractivity contribution is 7.99. The minimum atomic E-state index is -0.122. The number of ether oxygens (including phenoxy) is 1. The molecule has 1 heterocycles. The number of aryl methyl sites for hydroxylation is 4. The molecular weight excluding hydrogens is 386 g/mol. The number of anilines is 1. The summed E-state index contributed by atoms with van der Waals surface area (Å²) in [5.74, 6) is 7.46. The summed E-state index contributed by atoms with van der Waals surface area (Å²) in [7, 11) is 0. The Morgan fingerprint density at radius 3 is 2.24 bits per heavy atom. The van der Waals surface area contributed by atoms with E-state index in [4.69, 9.17) is 10.6 Å². The lowest BCUT2D eigenvalue weighted by Crippen LogP contribution is -2.18. The summed E-state index contributed by atoms with van der Waals surface area (Å²) in [5, 5.41) is 11.6. The maximum atomic E-state index is 12.3. The van der Waals surface area contributed by atoms with E-state index in [0.717, 1.165) is 33.7 Å². The second-order valence-electron chi connectivity index (χ2n) is 6.88. The van der Waals surface area contributed by atoms with Crippen LogP contribution in [0.3, 0.4) is 0 Å². The van der Waals surface area contributed by atoms with Crippen LogP contribution in [0.25, 0.3) is 0 Å². The van der Waals surface area contributed by atoms with Crippen LogP contribution in [-0.2, 0) is 11.4 Å². The first-order valence-corrected chi connectivity index (χ1v) is 10.2. The number of carbonyl (C=O) groups excluding carboxylic acids is 1. The van der Waals surface area contributed by atoms with Crippen LogP contribution in [0.4, 0.5) is 5.69 Å². The molecule has 7 nitrogen and oxygen atoms in total. The van der Waals surface area contributed by atoms with Crippen LogP contribution in [0, 0.1) is 27.7 Å². The molecule has 1 amide bonds. The van der Waals surface area contributed by atoms with E-state index in [1.54, 1.807) is 0 Å².